The monoisotopic (exact) mass is 375 g/mol. The summed E-state index contributed by atoms with van der Waals surface area (Å²) in [4.78, 5) is 14.2. The van der Waals surface area contributed by atoms with Crippen LogP contribution in [0.4, 0.5) is 11.4 Å². The minimum absolute atomic E-state index is 0.699. The zero-order chi connectivity index (χ0) is 19.4. The van der Waals surface area contributed by atoms with Gasteiger partial charge < -0.3 is 0 Å². The normalized spacial score (nSPS) is 12.3. The van der Waals surface area contributed by atoms with Gasteiger partial charge in [-0.2, -0.15) is 0 Å². The van der Waals surface area contributed by atoms with Gasteiger partial charge >= 0.3 is 0 Å². The number of halogens is 1. The summed E-state index contributed by atoms with van der Waals surface area (Å²) in [5.74, 6) is 0. The van der Waals surface area contributed by atoms with Crippen molar-refractivity contribution in [1.29, 1.82) is 0 Å². The van der Waals surface area contributed by atoms with E-state index in [-0.39, 0.29) is 0 Å². The molecule has 3 nitrogen and oxygen atoms in total. The third-order valence-electron chi connectivity index (χ3n) is 4.33. The number of benzene rings is 2. The van der Waals surface area contributed by atoms with Gasteiger partial charge in [0, 0.05) is 5.02 Å². The van der Waals surface area contributed by atoms with E-state index >= 15 is 0 Å². The van der Waals surface area contributed by atoms with E-state index in [1.54, 1.807) is 0 Å². The number of pyridine rings is 1. The predicted octanol–water partition coefficient (Wildman–Crippen LogP) is 6.63. The molecule has 0 aliphatic rings. The highest BCUT2D eigenvalue weighted by Gasteiger charge is 2.07. The maximum atomic E-state index is 5.94. The Kier molecular flexibility index (Phi) is 5.82. The van der Waals surface area contributed by atoms with Gasteiger partial charge in [0.15, 0.2) is 0 Å². The maximum Gasteiger partial charge on any atom is 0.0849 e. The van der Waals surface area contributed by atoms with Crippen LogP contribution in [0.15, 0.2) is 70.6 Å². The molecular formula is C23H22ClN3. The molecule has 1 heterocycles. The molecule has 0 N–H and O–H groups in total. The molecule has 0 saturated heterocycles. The lowest BCUT2D eigenvalue weighted by atomic mass is 10.1. The van der Waals surface area contributed by atoms with Crippen LogP contribution in [0.5, 0.6) is 0 Å². The minimum Gasteiger partial charge on any atom is -0.252 e. The van der Waals surface area contributed by atoms with Gasteiger partial charge in [-0.05, 0) is 75.2 Å². The number of aryl methyl sites for hydroxylation is 2. The Hall–Kier alpha value is -2.78. The summed E-state index contributed by atoms with van der Waals surface area (Å²) in [7, 11) is 0. The van der Waals surface area contributed by atoms with Crippen LogP contribution in [-0.2, 0) is 0 Å². The van der Waals surface area contributed by atoms with Crippen molar-refractivity contribution in [2.75, 3.05) is 0 Å². The highest BCUT2D eigenvalue weighted by Crippen LogP contribution is 2.24. The molecule has 4 heteroatoms. The van der Waals surface area contributed by atoms with E-state index in [0.717, 1.165) is 45.3 Å². The predicted molar refractivity (Wildman–Crippen MR) is 115 cm³/mol. The zero-order valence-electron chi connectivity index (χ0n) is 16.0. The van der Waals surface area contributed by atoms with Gasteiger partial charge in [0.1, 0.15) is 0 Å². The van der Waals surface area contributed by atoms with Crippen molar-refractivity contribution in [3.05, 3.63) is 88.2 Å². The topological polar surface area (TPSA) is 37.6 Å². The Morgan fingerprint density at radius 3 is 1.85 bits per heavy atom. The summed E-state index contributed by atoms with van der Waals surface area (Å²) in [6, 6.07) is 19.6. The van der Waals surface area contributed by atoms with Crippen molar-refractivity contribution < 1.29 is 0 Å². The SMILES string of the molecule is C/C(=N\c1ccc(Cl)cc1)c1cccc(/C(C)=N/c2c(C)cccc2C)n1. The second kappa shape index (κ2) is 8.28. The molecule has 0 aliphatic heterocycles. The average Bonchev–Trinajstić information content (AvgIpc) is 2.66. The van der Waals surface area contributed by atoms with Gasteiger partial charge in [0.2, 0.25) is 0 Å². The number of hydrogen-bond donors (Lipinski definition) is 0. The van der Waals surface area contributed by atoms with Gasteiger partial charge in [0.05, 0.1) is 34.2 Å². The van der Waals surface area contributed by atoms with Crippen LogP contribution < -0.4 is 0 Å². The van der Waals surface area contributed by atoms with Crippen LogP contribution in [0.25, 0.3) is 0 Å². The molecule has 0 aliphatic carbocycles. The van der Waals surface area contributed by atoms with Crippen LogP contribution in [0.3, 0.4) is 0 Å². The van der Waals surface area contributed by atoms with Crippen LogP contribution >= 0.6 is 11.6 Å². The molecule has 3 rings (SSSR count). The van der Waals surface area contributed by atoms with E-state index in [2.05, 4.69) is 37.0 Å². The van der Waals surface area contributed by atoms with Crippen molar-refractivity contribution in [3.8, 4) is 0 Å². The van der Waals surface area contributed by atoms with Gasteiger partial charge in [-0.25, -0.2) is 4.98 Å². The highest BCUT2D eigenvalue weighted by atomic mass is 35.5. The van der Waals surface area contributed by atoms with Crippen molar-refractivity contribution in [1.82, 2.24) is 4.98 Å². The quantitative estimate of drug-likeness (QED) is 0.471. The van der Waals surface area contributed by atoms with Gasteiger partial charge in [-0.15, -0.1) is 0 Å². The Balaban J connectivity index is 1.93. The van der Waals surface area contributed by atoms with E-state index in [4.69, 9.17) is 21.6 Å². The molecule has 0 amide bonds. The maximum absolute atomic E-state index is 5.94. The molecule has 2 aromatic carbocycles. The summed E-state index contributed by atoms with van der Waals surface area (Å²) in [5.41, 5.74) is 7.59. The van der Waals surface area contributed by atoms with Crippen molar-refractivity contribution in [3.63, 3.8) is 0 Å². The first-order valence-corrected chi connectivity index (χ1v) is 9.22. The number of aromatic nitrogens is 1. The fourth-order valence-corrected chi connectivity index (χ4v) is 2.94. The first kappa shape index (κ1) is 19.0. The Labute approximate surface area is 165 Å². The second-order valence-electron chi connectivity index (χ2n) is 6.52. The van der Waals surface area contributed by atoms with Crippen LogP contribution in [0, 0.1) is 13.8 Å². The average molecular weight is 376 g/mol. The molecule has 1 aromatic heterocycles. The first-order chi connectivity index (χ1) is 12.9. The van der Waals surface area contributed by atoms with E-state index in [0.29, 0.717) is 5.02 Å². The summed E-state index contributed by atoms with van der Waals surface area (Å²) < 4.78 is 0. The van der Waals surface area contributed by atoms with Gasteiger partial charge in [-0.1, -0.05) is 35.9 Å². The smallest absolute Gasteiger partial charge is 0.0849 e. The summed E-state index contributed by atoms with van der Waals surface area (Å²) in [5, 5.41) is 0.699. The molecule has 0 radical (unpaired) electrons. The third-order valence-corrected chi connectivity index (χ3v) is 4.58. The Morgan fingerprint density at radius 2 is 1.26 bits per heavy atom. The number of para-hydroxylation sites is 1. The molecule has 136 valence electrons. The fraction of sp³-hybridized carbons (Fsp3) is 0.174. The van der Waals surface area contributed by atoms with Crippen LogP contribution in [-0.4, -0.2) is 16.4 Å². The van der Waals surface area contributed by atoms with Crippen molar-refractivity contribution in [2.45, 2.75) is 27.7 Å². The summed E-state index contributed by atoms with van der Waals surface area (Å²) in [6.07, 6.45) is 0. The lowest BCUT2D eigenvalue weighted by molar-refractivity contribution is 1.23. The largest absolute Gasteiger partial charge is 0.252 e. The fourth-order valence-electron chi connectivity index (χ4n) is 2.81. The zero-order valence-corrected chi connectivity index (χ0v) is 16.7. The van der Waals surface area contributed by atoms with Crippen molar-refractivity contribution >= 4 is 34.4 Å². The van der Waals surface area contributed by atoms with Crippen molar-refractivity contribution in [2.24, 2.45) is 9.98 Å². The van der Waals surface area contributed by atoms with Crippen LogP contribution in [0.1, 0.15) is 36.4 Å². The van der Waals surface area contributed by atoms with E-state index < -0.39 is 0 Å². The molecule has 0 atom stereocenters. The highest BCUT2D eigenvalue weighted by molar-refractivity contribution is 6.30. The summed E-state index contributed by atoms with van der Waals surface area (Å²) >= 11 is 5.94. The van der Waals surface area contributed by atoms with E-state index in [1.807, 2.05) is 56.3 Å². The van der Waals surface area contributed by atoms with E-state index in [9.17, 15) is 0 Å². The Bertz CT molecular complexity index is 998. The van der Waals surface area contributed by atoms with Crippen LogP contribution in [0.2, 0.25) is 5.02 Å². The third kappa shape index (κ3) is 4.69. The lowest BCUT2D eigenvalue weighted by Gasteiger charge is -2.08. The van der Waals surface area contributed by atoms with Gasteiger partial charge in [-0.3, -0.25) is 9.98 Å². The van der Waals surface area contributed by atoms with E-state index in [1.165, 1.54) is 0 Å². The lowest BCUT2D eigenvalue weighted by Crippen LogP contribution is -2.05. The number of rotatable bonds is 4. The number of aliphatic imine (C=N–C) groups is 2. The molecule has 3 aromatic rings. The molecular weight excluding hydrogens is 354 g/mol. The number of nitrogens with zero attached hydrogens (tertiary/aromatic N) is 3. The molecule has 0 saturated carbocycles. The number of hydrogen-bond acceptors (Lipinski definition) is 3. The molecule has 0 bridgehead atoms. The van der Waals surface area contributed by atoms with Gasteiger partial charge in [0.25, 0.3) is 0 Å². The molecule has 0 spiro atoms. The molecule has 27 heavy (non-hydrogen) atoms. The molecule has 0 unspecified atom stereocenters. The first-order valence-electron chi connectivity index (χ1n) is 8.84. The Morgan fingerprint density at radius 1 is 0.741 bits per heavy atom. The standard InChI is InChI=1S/C23H22ClN3/c1-15-7-5-8-16(2)23(15)26-18(4)22-10-6-9-21(27-22)17(3)25-20-13-11-19(24)12-14-20/h5-14H,1-4H3/b25-17+,26-18+. The second-order valence-corrected chi connectivity index (χ2v) is 6.96. The minimum atomic E-state index is 0.699. The summed E-state index contributed by atoms with van der Waals surface area (Å²) in [6.45, 7) is 8.10. The molecule has 0 fully saturated rings.